The van der Waals surface area contributed by atoms with E-state index in [-0.39, 0.29) is 28.4 Å². The van der Waals surface area contributed by atoms with Crippen LogP contribution in [-0.4, -0.2) is 36.6 Å². The summed E-state index contributed by atoms with van der Waals surface area (Å²) >= 11 is 1.50. The van der Waals surface area contributed by atoms with E-state index in [0.29, 0.717) is 12.3 Å². The van der Waals surface area contributed by atoms with Crippen LogP contribution >= 0.6 is 11.3 Å². The molecule has 154 valence electrons. The molecule has 0 aromatic carbocycles. The first-order chi connectivity index (χ1) is 13.7. The molecule has 0 fully saturated rings. The summed E-state index contributed by atoms with van der Waals surface area (Å²) in [7, 11) is -3.37. The fourth-order valence-corrected chi connectivity index (χ4v) is 4.78. The molecule has 0 saturated heterocycles. The van der Waals surface area contributed by atoms with Crippen LogP contribution in [0.15, 0.2) is 49.8 Å². The second-order valence-corrected chi connectivity index (χ2v) is 10.2. The molecule has 2 aromatic rings. The number of hydrogen-bond donors (Lipinski definition) is 2. The molecule has 8 nitrogen and oxygen atoms in total. The van der Waals surface area contributed by atoms with Crippen molar-refractivity contribution in [2.24, 2.45) is 10.7 Å². The fourth-order valence-electron chi connectivity index (χ4n) is 2.75. The number of thiophene rings is 1. The van der Waals surface area contributed by atoms with Gasteiger partial charge in [-0.2, -0.15) is 0 Å². The largest absolute Gasteiger partial charge is 0.414 e. The normalized spacial score (nSPS) is 17.8. The number of nitrogens with zero attached hydrogens (tertiary/aromatic N) is 3. The highest BCUT2D eigenvalue weighted by molar-refractivity contribution is 7.96. The van der Waals surface area contributed by atoms with E-state index in [1.165, 1.54) is 11.3 Å². The van der Waals surface area contributed by atoms with Crippen molar-refractivity contribution in [2.45, 2.75) is 38.5 Å². The number of allylic oxidation sites excluding steroid dienone is 1. The summed E-state index contributed by atoms with van der Waals surface area (Å²) in [5.41, 5.74) is 7.42. The van der Waals surface area contributed by atoms with E-state index in [2.05, 4.69) is 27.2 Å². The number of nitrogens with one attached hydrogen (secondary N) is 1. The van der Waals surface area contributed by atoms with Crippen molar-refractivity contribution < 1.29 is 12.8 Å². The van der Waals surface area contributed by atoms with Crippen molar-refractivity contribution >= 4 is 33.6 Å². The number of aliphatic imine (C=N–C) groups is 1. The summed E-state index contributed by atoms with van der Waals surface area (Å²) in [4.78, 5) is 5.08. The van der Waals surface area contributed by atoms with E-state index in [0.717, 1.165) is 10.4 Å². The molecular formula is C19H23N5O3S2. The molecule has 1 atom stereocenters. The molecule has 1 unspecified atom stereocenters. The minimum Gasteiger partial charge on any atom is -0.414 e. The van der Waals surface area contributed by atoms with Crippen LogP contribution in [-0.2, 0) is 9.84 Å². The molecule has 2 aromatic heterocycles. The van der Waals surface area contributed by atoms with Crippen molar-refractivity contribution in [2.75, 3.05) is 0 Å². The van der Waals surface area contributed by atoms with E-state index >= 15 is 0 Å². The Kier molecular flexibility index (Phi) is 6.04. The Bertz CT molecular complexity index is 1110. The summed E-state index contributed by atoms with van der Waals surface area (Å²) in [6.07, 6.45) is 5.64. The zero-order chi connectivity index (χ0) is 21.2. The second kappa shape index (κ2) is 8.34. The number of sulfone groups is 1. The topological polar surface area (TPSA) is 123 Å². The van der Waals surface area contributed by atoms with Crippen LogP contribution in [0.25, 0.3) is 16.5 Å². The van der Waals surface area contributed by atoms with Gasteiger partial charge in [-0.3, -0.25) is 4.99 Å². The molecule has 1 aliphatic rings. The van der Waals surface area contributed by atoms with Crippen LogP contribution < -0.4 is 11.1 Å². The first-order valence-electron chi connectivity index (χ1n) is 8.97. The van der Waals surface area contributed by atoms with Crippen molar-refractivity contribution in [1.82, 2.24) is 15.5 Å². The van der Waals surface area contributed by atoms with Gasteiger partial charge in [-0.25, -0.2) is 8.42 Å². The van der Waals surface area contributed by atoms with Gasteiger partial charge in [0.15, 0.2) is 15.5 Å². The molecule has 0 spiro atoms. The summed E-state index contributed by atoms with van der Waals surface area (Å²) < 4.78 is 30.6. The molecule has 2 heterocycles. The average Bonchev–Trinajstić information content (AvgIpc) is 3.31. The zero-order valence-corrected chi connectivity index (χ0v) is 18.0. The van der Waals surface area contributed by atoms with Crippen LogP contribution in [0.3, 0.4) is 0 Å². The van der Waals surface area contributed by atoms with Gasteiger partial charge in [0, 0.05) is 0 Å². The van der Waals surface area contributed by atoms with E-state index in [1.807, 2.05) is 18.4 Å². The molecule has 0 radical (unpaired) electrons. The lowest BCUT2D eigenvalue weighted by molar-refractivity contribution is 0.550. The highest BCUT2D eigenvalue weighted by Gasteiger charge is 2.24. The lowest BCUT2D eigenvalue weighted by atomic mass is 10.1. The van der Waals surface area contributed by atoms with Crippen LogP contribution in [0, 0.1) is 6.92 Å². The lowest BCUT2D eigenvalue weighted by Crippen LogP contribution is -2.33. The highest BCUT2D eigenvalue weighted by atomic mass is 32.2. The number of aryl methyl sites for hydroxylation is 1. The SMILES string of the molecule is C=N/C(=C(/N)NC1C=C(S(=O)(=O)C(C)C)C=CC1)c1nnc(-c2sccc2C)o1. The second-order valence-electron chi connectivity index (χ2n) is 6.82. The smallest absolute Gasteiger partial charge is 0.270 e. The van der Waals surface area contributed by atoms with Crippen molar-refractivity contribution in [1.29, 1.82) is 0 Å². The number of rotatable bonds is 7. The third-order valence-electron chi connectivity index (χ3n) is 4.42. The molecule has 0 amide bonds. The Hall–Kier alpha value is -2.72. The summed E-state index contributed by atoms with van der Waals surface area (Å²) in [6, 6.07) is 1.65. The third kappa shape index (κ3) is 4.33. The predicted octanol–water partition coefficient (Wildman–Crippen LogP) is 3.02. The predicted molar refractivity (Wildman–Crippen MR) is 116 cm³/mol. The standard InChI is InChI=1S/C19H23N5O3S2/c1-11(2)29(25,26)14-7-5-6-13(10-14)22-17(20)15(21-4)18-23-24-19(27-18)16-12(3)8-9-28-16/h5,7-11,13,22H,4,6,20H2,1-3H3/b17-15-. The molecule has 3 N–H and O–H groups in total. The van der Waals surface area contributed by atoms with Gasteiger partial charge >= 0.3 is 0 Å². The van der Waals surface area contributed by atoms with Gasteiger partial charge in [0.1, 0.15) is 5.82 Å². The Balaban J connectivity index is 1.86. The maximum absolute atomic E-state index is 12.4. The van der Waals surface area contributed by atoms with E-state index in [4.69, 9.17) is 10.2 Å². The molecule has 0 saturated carbocycles. The van der Waals surface area contributed by atoms with E-state index < -0.39 is 15.1 Å². The number of nitrogens with two attached hydrogens (primary N) is 1. The highest BCUT2D eigenvalue weighted by Crippen LogP contribution is 2.29. The first-order valence-corrected chi connectivity index (χ1v) is 11.4. The van der Waals surface area contributed by atoms with E-state index in [1.54, 1.807) is 32.1 Å². The quantitative estimate of drug-likeness (QED) is 0.643. The monoisotopic (exact) mass is 433 g/mol. The van der Waals surface area contributed by atoms with Gasteiger partial charge in [0.25, 0.3) is 11.8 Å². The van der Waals surface area contributed by atoms with Gasteiger partial charge in [0.05, 0.1) is 21.1 Å². The fraction of sp³-hybridized carbons (Fsp3) is 0.316. The van der Waals surface area contributed by atoms with Crippen molar-refractivity contribution in [3.63, 3.8) is 0 Å². The van der Waals surface area contributed by atoms with Crippen molar-refractivity contribution in [3.05, 3.63) is 51.9 Å². The molecule has 29 heavy (non-hydrogen) atoms. The average molecular weight is 434 g/mol. The lowest BCUT2D eigenvalue weighted by Gasteiger charge is -2.21. The maximum Gasteiger partial charge on any atom is 0.270 e. The van der Waals surface area contributed by atoms with E-state index in [9.17, 15) is 8.42 Å². The van der Waals surface area contributed by atoms with Crippen molar-refractivity contribution in [3.8, 4) is 10.8 Å². The third-order valence-corrected chi connectivity index (χ3v) is 7.60. The Labute approximate surface area is 173 Å². The van der Waals surface area contributed by atoms with Gasteiger partial charge < -0.3 is 15.5 Å². The van der Waals surface area contributed by atoms with Gasteiger partial charge in [-0.1, -0.05) is 6.08 Å². The zero-order valence-electron chi connectivity index (χ0n) is 16.4. The first kappa shape index (κ1) is 21.0. The Morgan fingerprint density at radius 3 is 2.83 bits per heavy atom. The number of hydrogen-bond acceptors (Lipinski definition) is 9. The van der Waals surface area contributed by atoms with Gasteiger partial charge in [-0.05, 0) is 63.1 Å². The molecule has 10 heteroatoms. The molecular weight excluding hydrogens is 410 g/mol. The molecule has 0 aliphatic heterocycles. The minimum absolute atomic E-state index is 0.137. The van der Waals surface area contributed by atoms with Crippen LogP contribution in [0.5, 0.6) is 0 Å². The van der Waals surface area contributed by atoms with Crippen LogP contribution in [0.1, 0.15) is 31.7 Å². The summed E-state index contributed by atoms with van der Waals surface area (Å²) in [5.74, 6) is 0.696. The molecule has 1 aliphatic carbocycles. The minimum atomic E-state index is -3.37. The number of aromatic nitrogens is 2. The van der Waals surface area contributed by atoms with Crippen LogP contribution in [0.2, 0.25) is 0 Å². The Morgan fingerprint density at radius 2 is 2.21 bits per heavy atom. The Morgan fingerprint density at radius 1 is 1.45 bits per heavy atom. The maximum atomic E-state index is 12.4. The summed E-state index contributed by atoms with van der Waals surface area (Å²) in [6.45, 7) is 8.80. The molecule has 3 rings (SSSR count). The van der Waals surface area contributed by atoms with Gasteiger partial charge in [0.2, 0.25) is 0 Å². The summed E-state index contributed by atoms with van der Waals surface area (Å²) in [5, 5.41) is 12.6. The molecule has 0 bridgehead atoms. The van der Waals surface area contributed by atoms with Gasteiger partial charge in [-0.15, -0.1) is 21.5 Å². The van der Waals surface area contributed by atoms with Crippen LogP contribution in [0.4, 0.5) is 0 Å².